The highest BCUT2D eigenvalue weighted by Gasteiger charge is 2.12. The lowest BCUT2D eigenvalue weighted by Crippen LogP contribution is -2.05. The van der Waals surface area contributed by atoms with Gasteiger partial charge in [-0.1, -0.05) is 11.6 Å². The van der Waals surface area contributed by atoms with E-state index in [1.807, 2.05) is 0 Å². The Morgan fingerprint density at radius 3 is 2.60 bits per heavy atom. The van der Waals surface area contributed by atoms with Crippen molar-refractivity contribution in [3.63, 3.8) is 0 Å². The maximum atomic E-state index is 13.4. The van der Waals surface area contributed by atoms with Crippen LogP contribution in [0.1, 0.15) is 21.5 Å². The summed E-state index contributed by atoms with van der Waals surface area (Å²) in [5.74, 6) is -2.38. The molecule has 0 heterocycles. The molecule has 2 aromatic rings. The number of carboxylic acid groups (broad SMARTS) is 1. The molecule has 5 heteroatoms. The Labute approximate surface area is 114 Å². The first-order valence-corrected chi connectivity index (χ1v) is 5.88. The van der Waals surface area contributed by atoms with Crippen LogP contribution in [0.5, 0.6) is 5.75 Å². The number of carbonyl (C=O) groups is 1. The predicted molar refractivity (Wildman–Crippen MR) is 68.8 cm³/mol. The summed E-state index contributed by atoms with van der Waals surface area (Å²) >= 11 is 0. The third kappa shape index (κ3) is 3.12. The second-order valence-corrected chi connectivity index (χ2v) is 4.33. The van der Waals surface area contributed by atoms with Gasteiger partial charge in [0.25, 0.3) is 0 Å². The van der Waals surface area contributed by atoms with E-state index in [-0.39, 0.29) is 23.5 Å². The Bertz CT molecular complexity index is 654. The van der Waals surface area contributed by atoms with Crippen LogP contribution in [-0.2, 0) is 6.61 Å². The second-order valence-electron chi connectivity index (χ2n) is 4.33. The Hall–Kier alpha value is -2.43. The Balaban J connectivity index is 2.20. The van der Waals surface area contributed by atoms with Gasteiger partial charge in [-0.2, -0.15) is 0 Å². The normalized spacial score (nSPS) is 10.3. The molecule has 104 valence electrons. The van der Waals surface area contributed by atoms with Crippen LogP contribution in [0.2, 0.25) is 0 Å². The van der Waals surface area contributed by atoms with Crippen molar-refractivity contribution < 1.29 is 23.4 Å². The number of hydrogen-bond acceptors (Lipinski definition) is 2. The van der Waals surface area contributed by atoms with E-state index in [4.69, 9.17) is 9.84 Å². The van der Waals surface area contributed by atoms with Gasteiger partial charge in [0.1, 0.15) is 29.6 Å². The summed E-state index contributed by atoms with van der Waals surface area (Å²) in [6.07, 6.45) is 0. The van der Waals surface area contributed by atoms with Crippen molar-refractivity contribution in [3.05, 3.63) is 64.7 Å². The molecule has 0 spiro atoms. The van der Waals surface area contributed by atoms with Gasteiger partial charge in [-0.25, -0.2) is 13.6 Å². The van der Waals surface area contributed by atoms with Gasteiger partial charge in [0.15, 0.2) is 0 Å². The molecule has 0 radical (unpaired) electrons. The molecule has 0 amide bonds. The molecular weight excluding hydrogens is 266 g/mol. The molecule has 0 saturated heterocycles. The molecule has 0 aliphatic heterocycles. The minimum absolute atomic E-state index is 0.00696. The average Bonchev–Trinajstić information content (AvgIpc) is 2.38. The molecular formula is C15H12F2O3. The van der Waals surface area contributed by atoms with Gasteiger partial charge >= 0.3 is 5.97 Å². The Morgan fingerprint density at radius 1 is 1.20 bits per heavy atom. The quantitative estimate of drug-likeness (QED) is 0.930. The summed E-state index contributed by atoms with van der Waals surface area (Å²) in [6.45, 7) is 1.59. The minimum atomic E-state index is -1.12. The lowest BCUT2D eigenvalue weighted by Gasteiger charge is -2.10. The van der Waals surface area contributed by atoms with E-state index in [2.05, 4.69) is 0 Å². The standard InChI is InChI=1S/C15H12F2O3/c1-9-2-5-14(12(6-9)15(18)19)20-8-10-3-4-11(16)7-13(10)17/h2-7H,8H2,1H3,(H,18,19). The number of aromatic carboxylic acids is 1. The Morgan fingerprint density at radius 2 is 1.95 bits per heavy atom. The van der Waals surface area contributed by atoms with E-state index in [1.54, 1.807) is 13.0 Å². The largest absolute Gasteiger partial charge is 0.488 e. The number of carboxylic acids is 1. The lowest BCUT2D eigenvalue weighted by molar-refractivity contribution is 0.0691. The first-order chi connectivity index (χ1) is 9.47. The fraction of sp³-hybridized carbons (Fsp3) is 0.133. The number of halogens is 2. The summed E-state index contributed by atoms with van der Waals surface area (Å²) < 4.78 is 31.5. The van der Waals surface area contributed by atoms with Crippen LogP contribution in [0.4, 0.5) is 8.78 Å². The fourth-order valence-corrected chi connectivity index (χ4v) is 1.73. The monoisotopic (exact) mass is 278 g/mol. The van der Waals surface area contributed by atoms with Crippen LogP contribution in [0.3, 0.4) is 0 Å². The van der Waals surface area contributed by atoms with Crippen molar-refractivity contribution in [2.24, 2.45) is 0 Å². The molecule has 0 atom stereocenters. The molecule has 0 bridgehead atoms. The molecule has 2 aromatic carbocycles. The van der Waals surface area contributed by atoms with Crippen molar-refractivity contribution >= 4 is 5.97 Å². The van der Waals surface area contributed by atoms with Crippen LogP contribution in [0.25, 0.3) is 0 Å². The average molecular weight is 278 g/mol. The number of hydrogen-bond donors (Lipinski definition) is 1. The highest BCUT2D eigenvalue weighted by Crippen LogP contribution is 2.22. The van der Waals surface area contributed by atoms with Gasteiger partial charge in [-0.3, -0.25) is 0 Å². The zero-order chi connectivity index (χ0) is 14.7. The molecule has 0 unspecified atom stereocenters. The first-order valence-electron chi connectivity index (χ1n) is 5.88. The van der Waals surface area contributed by atoms with E-state index in [0.29, 0.717) is 0 Å². The van der Waals surface area contributed by atoms with E-state index in [9.17, 15) is 13.6 Å². The number of benzene rings is 2. The number of aryl methyl sites for hydroxylation is 1. The smallest absolute Gasteiger partial charge is 0.339 e. The van der Waals surface area contributed by atoms with E-state index >= 15 is 0 Å². The molecule has 0 aliphatic rings. The van der Waals surface area contributed by atoms with Gasteiger partial charge in [0, 0.05) is 11.6 Å². The van der Waals surface area contributed by atoms with Crippen LogP contribution >= 0.6 is 0 Å². The van der Waals surface area contributed by atoms with Gasteiger partial charge in [-0.05, 0) is 31.2 Å². The number of rotatable bonds is 4. The van der Waals surface area contributed by atoms with Crippen LogP contribution in [0, 0.1) is 18.6 Å². The topological polar surface area (TPSA) is 46.5 Å². The van der Waals surface area contributed by atoms with E-state index in [1.165, 1.54) is 18.2 Å². The molecule has 0 aliphatic carbocycles. The van der Waals surface area contributed by atoms with Crippen molar-refractivity contribution in [1.82, 2.24) is 0 Å². The second kappa shape index (κ2) is 5.69. The molecule has 0 fully saturated rings. The van der Waals surface area contributed by atoms with Crippen molar-refractivity contribution in [2.45, 2.75) is 13.5 Å². The van der Waals surface area contributed by atoms with Crippen LogP contribution < -0.4 is 4.74 Å². The minimum Gasteiger partial charge on any atom is -0.488 e. The predicted octanol–water partition coefficient (Wildman–Crippen LogP) is 3.55. The molecule has 2 rings (SSSR count). The third-order valence-electron chi connectivity index (χ3n) is 2.76. The maximum absolute atomic E-state index is 13.4. The molecule has 3 nitrogen and oxygen atoms in total. The summed E-state index contributed by atoms with van der Waals surface area (Å²) in [5, 5.41) is 9.07. The highest BCUT2D eigenvalue weighted by molar-refractivity contribution is 5.91. The Kier molecular flexibility index (Phi) is 3.98. The summed E-state index contributed by atoms with van der Waals surface area (Å²) in [5.41, 5.74) is 0.943. The number of ether oxygens (including phenoxy) is 1. The summed E-state index contributed by atoms with van der Waals surface area (Å²) in [6, 6.07) is 7.82. The van der Waals surface area contributed by atoms with Crippen LogP contribution in [-0.4, -0.2) is 11.1 Å². The molecule has 0 saturated carbocycles. The molecule has 0 aromatic heterocycles. The van der Waals surface area contributed by atoms with Gasteiger partial charge in [0.2, 0.25) is 0 Å². The zero-order valence-electron chi connectivity index (χ0n) is 10.7. The SMILES string of the molecule is Cc1ccc(OCc2ccc(F)cc2F)c(C(=O)O)c1. The van der Waals surface area contributed by atoms with E-state index < -0.39 is 17.6 Å². The molecule has 1 N–H and O–H groups in total. The maximum Gasteiger partial charge on any atom is 0.339 e. The lowest BCUT2D eigenvalue weighted by atomic mass is 10.1. The van der Waals surface area contributed by atoms with Gasteiger partial charge in [0.05, 0.1) is 0 Å². The van der Waals surface area contributed by atoms with Crippen molar-refractivity contribution in [2.75, 3.05) is 0 Å². The summed E-state index contributed by atoms with van der Waals surface area (Å²) in [4.78, 5) is 11.1. The van der Waals surface area contributed by atoms with E-state index in [0.717, 1.165) is 17.7 Å². The van der Waals surface area contributed by atoms with Crippen molar-refractivity contribution in [3.8, 4) is 5.75 Å². The fourth-order valence-electron chi connectivity index (χ4n) is 1.73. The van der Waals surface area contributed by atoms with Crippen molar-refractivity contribution in [1.29, 1.82) is 0 Å². The zero-order valence-corrected chi connectivity index (χ0v) is 10.7. The summed E-state index contributed by atoms with van der Waals surface area (Å²) in [7, 11) is 0. The van der Waals surface area contributed by atoms with Gasteiger partial charge < -0.3 is 9.84 Å². The van der Waals surface area contributed by atoms with Crippen LogP contribution in [0.15, 0.2) is 36.4 Å². The molecule has 20 heavy (non-hydrogen) atoms. The highest BCUT2D eigenvalue weighted by atomic mass is 19.1. The first kappa shape index (κ1) is 14.0. The third-order valence-corrected chi connectivity index (χ3v) is 2.76. The van der Waals surface area contributed by atoms with Gasteiger partial charge in [-0.15, -0.1) is 0 Å².